The van der Waals surface area contributed by atoms with Crippen molar-refractivity contribution in [1.82, 2.24) is 14.5 Å². The summed E-state index contributed by atoms with van der Waals surface area (Å²) in [5, 5.41) is 11.6. The van der Waals surface area contributed by atoms with Crippen LogP contribution in [0, 0.1) is 5.92 Å². The van der Waals surface area contributed by atoms with Crippen molar-refractivity contribution in [2.75, 3.05) is 18.4 Å². The highest BCUT2D eigenvalue weighted by molar-refractivity contribution is 7.89. The van der Waals surface area contributed by atoms with Crippen LogP contribution in [0.4, 0.5) is 18.3 Å². The highest BCUT2D eigenvalue weighted by Gasteiger charge is 2.40. The van der Waals surface area contributed by atoms with Gasteiger partial charge in [-0.25, -0.2) is 8.42 Å². The number of carbonyl (C=O) groups excluding carboxylic acids is 1. The molecular formula is C17H19F3N4O3S2. The molecule has 1 fully saturated rings. The molecule has 29 heavy (non-hydrogen) atoms. The number of benzene rings is 1. The fraction of sp³-hybridized carbons (Fsp3) is 0.471. The van der Waals surface area contributed by atoms with Crippen LogP contribution >= 0.6 is 11.3 Å². The zero-order valence-corrected chi connectivity index (χ0v) is 17.1. The SMILES string of the molecule is CCc1nnc(NC(=O)C2CCN(S(=O)(=O)c3ccccc3C(F)(F)F)CC2)s1. The third-order valence-electron chi connectivity index (χ3n) is 4.63. The number of rotatable bonds is 5. The second-order valence-corrected chi connectivity index (χ2v) is 9.48. The maximum Gasteiger partial charge on any atom is 0.417 e. The number of piperidine rings is 1. The maximum atomic E-state index is 13.2. The van der Waals surface area contributed by atoms with Crippen molar-refractivity contribution in [2.24, 2.45) is 5.92 Å². The van der Waals surface area contributed by atoms with Gasteiger partial charge in [0.2, 0.25) is 21.1 Å². The summed E-state index contributed by atoms with van der Waals surface area (Å²) in [5.41, 5.74) is -1.19. The molecule has 0 saturated carbocycles. The first-order chi connectivity index (χ1) is 13.6. The summed E-state index contributed by atoms with van der Waals surface area (Å²) in [5.74, 6) is -0.746. The Morgan fingerprint density at radius 1 is 1.24 bits per heavy atom. The van der Waals surface area contributed by atoms with E-state index in [1.165, 1.54) is 17.4 Å². The van der Waals surface area contributed by atoms with E-state index in [9.17, 15) is 26.4 Å². The van der Waals surface area contributed by atoms with E-state index in [0.29, 0.717) is 11.6 Å². The van der Waals surface area contributed by atoms with Gasteiger partial charge in [0.25, 0.3) is 0 Å². The lowest BCUT2D eigenvalue weighted by Gasteiger charge is -2.31. The number of alkyl halides is 3. The maximum absolute atomic E-state index is 13.2. The molecule has 0 aliphatic carbocycles. The standard InChI is InChI=1S/C17H19F3N4O3S2/c1-2-14-22-23-16(28-14)21-15(25)11-7-9-24(10-8-11)29(26,27)13-6-4-3-5-12(13)17(18,19)20/h3-6,11H,2,7-10H2,1H3,(H,21,23,25). The summed E-state index contributed by atoms with van der Waals surface area (Å²) in [4.78, 5) is 11.6. The van der Waals surface area contributed by atoms with Crippen LogP contribution in [0.1, 0.15) is 30.3 Å². The highest BCUT2D eigenvalue weighted by atomic mass is 32.2. The van der Waals surface area contributed by atoms with Gasteiger partial charge in [-0.15, -0.1) is 10.2 Å². The largest absolute Gasteiger partial charge is 0.417 e. The first kappa shape index (κ1) is 21.7. The molecule has 1 aromatic heterocycles. The number of hydrogen-bond donors (Lipinski definition) is 1. The van der Waals surface area contributed by atoms with Gasteiger partial charge in [0.05, 0.1) is 10.5 Å². The molecule has 0 atom stereocenters. The molecule has 12 heteroatoms. The second kappa shape index (κ2) is 8.36. The molecule has 0 radical (unpaired) electrons. The van der Waals surface area contributed by atoms with Gasteiger partial charge < -0.3 is 5.32 Å². The van der Waals surface area contributed by atoms with Crippen molar-refractivity contribution in [3.63, 3.8) is 0 Å². The van der Waals surface area contributed by atoms with E-state index in [1.54, 1.807) is 0 Å². The molecule has 1 aromatic carbocycles. The van der Waals surface area contributed by atoms with Crippen LogP contribution in [0.15, 0.2) is 29.2 Å². The number of nitrogens with one attached hydrogen (secondary N) is 1. The van der Waals surface area contributed by atoms with Crippen LogP contribution in [0.3, 0.4) is 0 Å². The molecule has 1 amide bonds. The van der Waals surface area contributed by atoms with Crippen molar-refractivity contribution >= 4 is 32.4 Å². The topological polar surface area (TPSA) is 92.3 Å². The van der Waals surface area contributed by atoms with E-state index in [1.807, 2.05) is 6.92 Å². The summed E-state index contributed by atoms with van der Waals surface area (Å²) in [6.07, 6.45) is -3.67. The molecule has 0 unspecified atom stereocenters. The van der Waals surface area contributed by atoms with E-state index >= 15 is 0 Å². The molecule has 2 aromatic rings. The highest BCUT2D eigenvalue weighted by Crippen LogP contribution is 2.36. The average molecular weight is 448 g/mol. The van der Waals surface area contributed by atoms with E-state index in [0.717, 1.165) is 27.5 Å². The minimum absolute atomic E-state index is 0.0387. The number of carbonyl (C=O) groups is 1. The van der Waals surface area contributed by atoms with Gasteiger partial charge in [0.15, 0.2) is 0 Å². The van der Waals surface area contributed by atoms with Gasteiger partial charge >= 0.3 is 6.18 Å². The Labute approximate surface area is 170 Å². The van der Waals surface area contributed by atoms with Gasteiger partial charge in [-0.2, -0.15) is 17.5 Å². The molecule has 3 rings (SSSR count). The van der Waals surface area contributed by atoms with Gasteiger partial charge in [-0.05, 0) is 31.4 Å². The Kier molecular flexibility index (Phi) is 6.24. The van der Waals surface area contributed by atoms with Gasteiger partial charge in [-0.3, -0.25) is 4.79 Å². The Morgan fingerprint density at radius 3 is 2.48 bits per heavy atom. The van der Waals surface area contributed by atoms with Crippen LogP contribution in [0.2, 0.25) is 0 Å². The van der Waals surface area contributed by atoms with Crippen LogP contribution in [-0.4, -0.2) is 41.9 Å². The molecular weight excluding hydrogens is 429 g/mol. The van der Waals surface area contributed by atoms with Gasteiger partial charge in [0.1, 0.15) is 5.01 Å². The van der Waals surface area contributed by atoms with Crippen LogP contribution < -0.4 is 5.32 Å². The normalized spacial score (nSPS) is 16.7. The zero-order chi connectivity index (χ0) is 21.2. The minimum Gasteiger partial charge on any atom is -0.300 e. The van der Waals surface area contributed by atoms with Crippen molar-refractivity contribution in [3.8, 4) is 0 Å². The third kappa shape index (κ3) is 4.75. The smallest absolute Gasteiger partial charge is 0.300 e. The lowest BCUT2D eigenvalue weighted by Crippen LogP contribution is -2.41. The fourth-order valence-corrected chi connectivity index (χ4v) is 5.44. The Morgan fingerprint density at radius 2 is 1.90 bits per heavy atom. The molecule has 2 heterocycles. The molecule has 0 bridgehead atoms. The Balaban J connectivity index is 1.68. The zero-order valence-electron chi connectivity index (χ0n) is 15.4. The Bertz CT molecular complexity index is 984. The van der Waals surface area contributed by atoms with E-state index in [-0.39, 0.29) is 31.8 Å². The quantitative estimate of drug-likeness (QED) is 0.759. The fourth-order valence-electron chi connectivity index (χ4n) is 3.08. The van der Waals surface area contributed by atoms with Crippen LogP contribution in [0.5, 0.6) is 0 Å². The number of sulfonamides is 1. The predicted molar refractivity (Wildman–Crippen MR) is 101 cm³/mol. The van der Waals surface area contributed by atoms with Gasteiger partial charge in [-0.1, -0.05) is 30.4 Å². The molecule has 0 spiro atoms. The number of hydrogen-bond acceptors (Lipinski definition) is 6. The molecule has 7 nitrogen and oxygen atoms in total. The number of halogens is 3. The third-order valence-corrected chi connectivity index (χ3v) is 7.57. The summed E-state index contributed by atoms with van der Waals surface area (Å²) >= 11 is 1.26. The number of amides is 1. The first-order valence-electron chi connectivity index (χ1n) is 8.92. The van der Waals surface area contributed by atoms with E-state index in [4.69, 9.17) is 0 Å². The summed E-state index contributed by atoms with van der Waals surface area (Å²) in [7, 11) is -4.32. The van der Waals surface area contributed by atoms with Crippen molar-refractivity contribution in [3.05, 3.63) is 34.8 Å². The van der Waals surface area contributed by atoms with Crippen LogP contribution in [0.25, 0.3) is 0 Å². The van der Waals surface area contributed by atoms with E-state index < -0.39 is 32.6 Å². The molecule has 158 valence electrons. The van der Waals surface area contributed by atoms with Crippen molar-refractivity contribution < 1.29 is 26.4 Å². The molecule has 1 saturated heterocycles. The lowest BCUT2D eigenvalue weighted by molar-refractivity contribution is -0.139. The predicted octanol–water partition coefficient (Wildman–Crippen LogP) is 3.16. The average Bonchev–Trinajstić information content (AvgIpc) is 3.15. The van der Waals surface area contributed by atoms with Gasteiger partial charge in [0, 0.05) is 19.0 Å². The summed E-state index contributed by atoms with van der Waals surface area (Å²) in [6.45, 7) is 1.84. The number of nitrogens with zero attached hydrogens (tertiary/aromatic N) is 3. The second-order valence-electron chi connectivity index (χ2n) is 6.52. The molecule has 1 aliphatic rings. The van der Waals surface area contributed by atoms with Crippen molar-refractivity contribution in [2.45, 2.75) is 37.3 Å². The van der Waals surface area contributed by atoms with Crippen LogP contribution in [-0.2, 0) is 27.4 Å². The number of anilines is 1. The Hall–Kier alpha value is -2.05. The first-order valence-corrected chi connectivity index (χ1v) is 11.2. The monoisotopic (exact) mass is 448 g/mol. The molecule has 1 N–H and O–H groups in total. The lowest BCUT2D eigenvalue weighted by atomic mass is 9.97. The number of aromatic nitrogens is 2. The molecule has 1 aliphatic heterocycles. The van der Waals surface area contributed by atoms with E-state index in [2.05, 4.69) is 15.5 Å². The minimum atomic E-state index is -4.78. The summed E-state index contributed by atoms with van der Waals surface area (Å²) in [6, 6.07) is 4.11. The summed E-state index contributed by atoms with van der Waals surface area (Å²) < 4.78 is 66.1. The number of aryl methyl sites for hydroxylation is 1. The van der Waals surface area contributed by atoms with Crippen molar-refractivity contribution in [1.29, 1.82) is 0 Å².